The lowest BCUT2D eigenvalue weighted by Gasteiger charge is -2.20. The number of aliphatic imine (C=N–C) groups is 3. The molecular weight excluding hydrogens is 1290 g/mol. The number of aryl methyl sites for hydroxylation is 1. The lowest BCUT2D eigenvalue weighted by Crippen LogP contribution is -2.32. The number of unbranched alkanes of at least 4 members (excludes halogenated alkanes) is 7. The molecule has 7 aliphatic rings. The van der Waals surface area contributed by atoms with E-state index in [1.54, 1.807) is 0 Å². The van der Waals surface area contributed by atoms with Gasteiger partial charge in [0, 0.05) is 115 Å². The lowest BCUT2D eigenvalue weighted by molar-refractivity contribution is -0.697. The van der Waals surface area contributed by atoms with Crippen molar-refractivity contribution in [1.29, 1.82) is 0 Å². The van der Waals surface area contributed by atoms with Gasteiger partial charge >= 0.3 is 0 Å². The van der Waals surface area contributed by atoms with Crippen LogP contribution in [0.25, 0.3) is 108 Å². The zero-order valence-electron chi connectivity index (χ0n) is 58.9. The average molecular weight is 1370 g/mol. The Labute approximate surface area is 617 Å². The average Bonchev–Trinajstić information content (AvgIpc) is 1.61. The van der Waals surface area contributed by atoms with Crippen LogP contribution in [0.5, 0.6) is 0 Å². The Hall–Kier alpha value is -13.2. The molecule has 18 rings (SSSR count). The Morgan fingerprint density at radius 3 is 1.07 bits per heavy atom. The Morgan fingerprint density at radius 2 is 0.623 bits per heavy atom. The molecule has 12 heterocycles. The summed E-state index contributed by atoms with van der Waals surface area (Å²) in [6.07, 6.45) is 44.5. The van der Waals surface area contributed by atoms with Gasteiger partial charge in [-0.2, -0.15) is 0 Å². The molecule has 0 radical (unpaired) electrons. The molecule has 106 heavy (non-hydrogen) atoms. The minimum absolute atomic E-state index is 0.860. The number of aromatic nitrogens is 6. The van der Waals surface area contributed by atoms with Crippen molar-refractivity contribution in [2.45, 2.75) is 57.9 Å². The summed E-state index contributed by atoms with van der Waals surface area (Å²) in [5.41, 5.74) is 31.5. The van der Waals surface area contributed by atoms with Crippen molar-refractivity contribution in [1.82, 2.24) is 29.8 Å². The van der Waals surface area contributed by atoms with Gasteiger partial charge in [-0.3, -0.25) is 0 Å². The smallest absolute Gasteiger partial charge is 0.169 e. The molecule has 11 aromatic rings. The van der Waals surface area contributed by atoms with E-state index in [1.807, 2.05) is 0 Å². The third-order valence-corrected chi connectivity index (χ3v) is 20.8. The number of hydrogen-bond donors (Lipinski definition) is 3. The van der Waals surface area contributed by atoms with Crippen LogP contribution in [0.15, 0.2) is 347 Å². The second-order valence-corrected chi connectivity index (χ2v) is 27.6. The maximum atomic E-state index is 5.52. The third-order valence-electron chi connectivity index (χ3n) is 20.8. The van der Waals surface area contributed by atoms with Gasteiger partial charge in [0.15, 0.2) is 12.4 Å². The summed E-state index contributed by atoms with van der Waals surface area (Å²) < 4.78 is 2.34. The molecule has 10 nitrogen and oxygen atoms in total. The normalized spacial score (nSPS) is 14.9. The van der Waals surface area contributed by atoms with Crippen molar-refractivity contribution < 1.29 is 4.57 Å². The van der Waals surface area contributed by atoms with Crippen LogP contribution in [0.1, 0.15) is 102 Å². The summed E-state index contributed by atoms with van der Waals surface area (Å²) in [4.78, 5) is 41.4. The van der Waals surface area contributed by atoms with E-state index in [2.05, 4.69) is 353 Å². The Kier molecular flexibility index (Phi) is 17.9. The van der Waals surface area contributed by atoms with Crippen molar-refractivity contribution in [3.05, 3.63) is 383 Å². The summed E-state index contributed by atoms with van der Waals surface area (Å²) in [6.45, 7) is 1.93. The fraction of sp³-hybridized carbons (Fsp3) is 0.104. The highest BCUT2D eigenvalue weighted by atomic mass is 15.1. The SMILES string of the molecule is C1=CC2=C(c3ccccc3)C3=NC(=C(c4ccccc4)c4ccc([nH]4)C(c4ccccc4)=C4C=CC(=N4)C(=C4C=CN(CCCCCCCCCC[n+]5ccc(-c6c7ccc([nH]7)c(-c7ccccc7)c7nc(c(-c8ccccc8)c8nc(c(-c9ccccc9)c9ccc6[nH]9)C=C8)C=C7)cc5)C=C4)C1=N2)C=C3. The van der Waals surface area contributed by atoms with E-state index < -0.39 is 0 Å². The highest BCUT2D eigenvalue weighted by Gasteiger charge is 2.28. The molecule has 0 spiro atoms. The van der Waals surface area contributed by atoms with Gasteiger partial charge in [0.05, 0.1) is 57.0 Å². The first-order valence-corrected chi connectivity index (χ1v) is 37.1. The molecule has 5 aromatic heterocycles. The van der Waals surface area contributed by atoms with E-state index in [-0.39, 0.29) is 0 Å². The van der Waals surface area contributed by atoms with Crippen LogP contribution < -0.4 is 4.57 Å². The van der Waals surface area contributed by atoms with Crippen LogP contribution in [-0.2, 0) is 6.54 Å². The maximum Gasteiger partial charge on any atom is 0.169 e. The molecule has 0 atom stereocenters. The van der Waals surface area contributed by atoms with E-state index in [1.165, 1.54) is 38.5 Å². The van der Waals surface area contributed by atoms with Crippen LogP contribution >= 0.6 is 0 Å². The van der Waals surface area contributed by atoms with Gasteiger partial charge in [-0.25, -0.2) is 29.5 Å². The Morgan fingerprint density at radius 1 is 0.274 bits per heavy atom. The van der Waals surface area contributed by atoms with Gasteiger partial charge in [-0.05, 0) is 167 Å². The molecule has 7 aliphatic heterocycles. The molecule has 510 valence electrons. The van der Waals surface area contributed by atoms with E-state index in [9.17, 15) is 0 Å². The molecule has 16 bridgehead atoms. The summed E-state index contributed by atoms with van der Waals surface area (Å²) in [6, 6.07) is 81.1. The lowest BCUT2D eigenvalue weighted by atomic mass is 9.97. The molecule has 6 aromatic carbocycles. The van der Waals surface area contributed by atoms with Gasteiger partial charge in [0.2, 0.25) is 0 Å². The Bertz CT molecular complexity index is 5730. The summed E-state index contributed by atoms with van der Waals surface area (Å²) in [5, 5.41) is 0. The third kappa shape index (κ3) is 13.2. The highest BCUT2D eigenvalue weighted by molar-refractivity contribution is 6.36. The maximum absolute atomic E-state index is 5.52. The monoisotopic (exact) mass is 1370 g/mol. The minimum Gasteiger partial charge on any atom is -0.354 e. The van der Waals surface area contributed by atoms with Crippen LogP contribution in [0.4, 0.5) is 0 Å². The molecule has 0 aliphatic carbocycles. The molecule has 10 heteroatoms. The number of rotatable bonds is 18. The number of nitrogens with one attached hydrogen (secondary N) is 3. The zero-order chi connectivity index (χ0) is 70.5. The van der Waals surface area contributed by atoms with Crippen molar-refractivity contribution in [3.63, 3.8) is 0 Å². The fourth-order valence-electron chi connectivity index (χ4n) is 15.6. The van der Waals surface area contributed by atoms with Gasteiger partial charge in [0.25, 0.3) is 0 Å². The first-order chi connectivity index (χ1) is 52.5. The minimum atomic E-state index is 0.860. The van der Waals surface area contributed by atoms with Crippen LogP contribution in [-0.4, -0.2) is 53.5 Å². The molecular formula is C96H77N10+. The first-order valence-electron chi connectivity index (χ1n) is 37.1. The number of aromatic amines is 3. The van der Waals surface area contributed by atoms with Crippen molar-refractivity contribution in [2.75, 3.05) is 6.54 Å². The van der Waals surface area contributed by atoms with Crippen molar-refractivity contribution in [3.8, 4) is 44.5 Å². The van der Waals surface area contributed by atoms with E-state index >= 15 is 0 Å². The molecule has 3 N–H and O–H groups in total. The first kappa shape index (κ1) is 64.9. The fourth-order valence-corrected chi connectivity index (χ4v) is 15.6. The zero-order valence-corrected chi connectivity index (χ0v) is 58.9. The quantitative estimate of drug-likeness (QED) is 0.0587. The van der Waals surface area contributed by atoms with Gasteiger partial charge in [-0.1, -0.05) is 214 Å². The van der Waals surface area contributed by atoms with Crippen molar-refractivity contribution in [2.24, 2.45) is 15.0 Å². The molecule has 0 fully saturated rings. The molecule has 0 amide bonds. The molecule has 0 saturated heterocycles. The predicted octanol–water partition coefficient (Wildman–Crippen LogP) is 22.4. The van der Waals surface area contributed by atoms with Crippen LogP contribution in [0.2, 0.25) is 0 Å². The van der Waals surface area contributed by atoms with Crippen molar-refractivity contribution >= 4 is 80.2 Å². The number of H-pyrrole nitrogens is 3. The van der Waals surface area contributed by atoms with Gasteiger partial charge in [0.1, 0.15) is 6.54 Å². The number of fused-ring (bicyclic) bond motifs is 13. The van der Waals surface area contributed by atoms with E-state index in [4.69, 9.17) is 24.9 Å². The number of nitrogens with zero attached hydrogens (tertiary/aromatic N) is 7. The van der Waals surface area contributed by atoms with Crippen LogP contribution in [0, 0.1) is 0 Å². The van der Waals surface area contributed by atoms with Gasteiger partial charge < -0.3 is 19.9 Å². The summed E-state index contributed by atoms with van der Waals surface area (Å²) in [5.74, 6) is 0. The predicted molar refractivity (Wildman–Crippen MR) is 439 cm³/mol. The topological polar surface area (TPSA) is 117 Å². The van der Waals surface area contributed by atoms with E-state index in [0.29, 0.717) is 0 Å². The summed E-state index contributed by atoms with van der Waals surface area (Å²) >= 11 is 0. The molecule has 0 saturated carbocycles. The Balaban J connectivity index is 0.553. The second-order valence-electron chi connectivity index (χ2n) is 27.6. The largest absolute Gasteiger partial charge is 0.354 e. The van der Waals surface area contributed by atoms with Crippen LogP contribution in [0.3, 0.4) is 0 Å². The number of allylic oxidation sites excluding steroid dienone is 11. The highest BCUT2D eigenvalue weighted by Crippen LogP contribution is 2.42. The van der Waals surface area contributed by atoms with E-state index in [0.717, 1.165) is 205 Å². The van der Waals surface area contributed by atoms with Gasteiger partial charge in [-0.15, -0.1) is 0 Å². The second kappa shape index (κ2) is 29.3. The number of hydrogen-bond acceptors (Lipinski definition) is 6. The molecule has 0 unspecified atom stereocenters. The number of benzene rings is 6. The number of pyridine rings is 1. The standard InChI is InChI=1S/C96H76N10/c1(3-5-25-59-105-61-55-71(56-62-105)95-85-51-47-81(101-85)91(67-31-17-9-18-32-67)77-43-39-73(97-77)89(65-27-13-7-14-28-65)74-40-44-78(98-74)92(68-33-19-10-20-34-68)82-48-52-86(95)102-82)2-4-6-26-60-106-63-57-72(58-64-106)96-87-53-49-83(103-87)93(69-35-21-11-22-36-69)79-45-41-75(99-79)90(66-29-15-8-16-30-66)76-42-46-80(100-76)94(70-37-23-12-24-38-70)84-50-54-88(96)104-84/h7-24,27-58,61-64H,1-6,25-26,59-60H2,(H2,97,98,99,100,101,102,103,104)/p+1. The summed E-state index contributed by atoms with van der Waals surface area (Å²) in [7, 11) is 0.